The Morgan fingerprint density at radius 1 is 1.35 bits per heavy atom. The van der Waals surface area contributed by atoms with Gasteiger partial charge < -0.3 is 10.6 Å². The van der Waals surface area contributed by atoms with E-state index in [0.717, 1.165) is 27.8 Å². The summed E-state index contributed by atoms with van der Waals surface area (Å²) in [7, 11) is 0. The zero-order valence-electron chi connectivity index (χ0n) is 15.0. The number of rotatable bonds is 4. The molecule has 1 spiro atoms. The van der Waals surface area contributed by atoms with Crippen LogP contribution in [0.4, 0.5) is 4.79 Å². The van der Waals surface area contributed by atoms with Gasteiger partial charge >= 0.3 is 6.03 Å². The van der Waals surface area contributed by atoms with Crippen molar-refractivity contribution >= 4 is 33.8 Å². The summed E-state index contributed by atoms with van der Waals surface area (Å²) in [4.78, 5) is 38.6. The van der Waals surface area contributed by atoms with E-state index in [0.29, 0.717) is 18.8 Å². The Bertz CT molecular complexity index is 728. The Morgan fingerprint density at radius 3 is 2.65 bits per heavy atom. The number of nitrogens with one attached hydrogen (secondary N) is 2. The molecule has 0 bridgehead atoms. The van der Waals surface area contributed by atoms with E-state index in [2.05, 4.69) is 33.5 Å². The number of halogens is 1. The van der Waals surface area contributed by atoms with Crippen molar-refractivity contribution in [3.05, 3.63) is 34.3 Å². The lowest BCUT2D eigenvalue weighted by Crippen LogP contribution is -2.50. The predicted octanol–water partition coefficient (Wildman–Crippen LogP) is 3.13. The summed E-state index contributed by atoms with van der Waals surface area (Å²) < 4.78 is 0.901. The third-order valence-corrected chi connectivity index (χ3v) is 6.15. The number of imide groups is 1. The number of carbonyl (C=O) groups excluding carboxylic acids is 3. The van der Waals surface area contributed by atoms with E-state index in [4.69, 9.17) is 0 Å². The van der Waals surface area contributed by atoms with Crippen LogP contribution in [0.5, 0.6) is 0 Å². The number of hydrogen-bond donors (Lipinski definition) is 2. The van der Waals surface area contributed by atoms with Crippen LogP contribution in [0, 0.1) is 5.92 Å². The molecule has 1 saturated carbocycles. The minimum Gasteiger partial charge on any atom is -0.348 e. The van der Waals surface area contributed by atoms with Gasteiger partial charge in [-0.1, -0.05) is 41.1 Å². The lowest BCUT2D eigenvalue weighted by molar-refractivity contribution is -0.136. The van der Waals surface area contributed by atoms with Gasteiger partial charge in [-0.3, -0.25) is 14.5 Å². The van der Waals surface area contributed by atoms with Gasteiger partial charge in [-0.2, -0.15) is 0 Å². The first-order valence-electron chi connectivity index (χ1n) is 9.00. The lowest BCUT2D eigenvalue weighted by Gasteiger charge is -2.33. The topological polar surface area (TPSA) is 78.5 Å². The maximum Gasteiger partial charge on any atom is 0.325 e. The van der Waals surface area contributed by atoms with Gasteiger partial charge in [0.2, 0.25) is 5.91 Å². The van der Waals surface area contributed by atoms with Gasteiger partial charge in [-0.25, -0.2) is 4.79 Å². The van der Waals surface area contributed by atoms with Crippen molar-refractivity contribution in [1.82, 2.24) is 15.5 Å². The normalized spacial score (nSPS) is 26.7. The first-order chi connectivity index (χ1) is 12.3. The number of amides is 4. The SMILES string of the molecule is CC1CCC2(CC1)NC(=O)N(CC(=O)N[C@@H](C)c1ccccc1Br)C2=O. The van der Waals surface area contributed by atoms with Crippen molar-refractivity contribution in [3.63, 3.8) is 0 Å². The first-order valence-corrected chi connectivity index (χ1v) is 9.79. The number of benzene rings is 1. The molecule has 2 aliphatic rings. The zero-order valence-corrected chi connectivity index (χ0v) is 16.6. The smallest absolute Gasteiger partial charge is 0.325 e. The summed E-state index contributed by atoms with van der Waals surface area (Å²) in [6, 6.07) is 6.93. The highest BCUT2D eigenvalue weighted by molar-refractivity contribution is 9.10. The summed E-state index contributed by atoms with van der Waals surface area (Å²) in [6.07, 6.45) is 3.10. The van der Waals surface area contributed by atoms with Crippen LogP contribution >= 0.6 is 15.9 Å². The molecule has 1 aliphatic carbocycles. The lowest BCUT2D eigenvalue weighted by atomic mass is 9.77. The fourth-order valence-electron chi connectivity index (χ4n) is 3.75. The highest BCUT2D eigenvalue weighted by atomic mass is 79.9. The summed E-state index contributed by atoms with van der Waals surface area (Å²) in [6.45, 7) is 3.77. The largest absolute Gasteiger partial charge is 0.348 e. The molecule has 2 fully saturated rings. The Morgan fingerprint density at radius 2 is 2.00 bits per heavy atom. The van der Waals surface area contributed by atoms with Crippen molar-refractivity contribution in [2.45, 2.75) is 51.1 Å². The molecule has 3 rings (SSSR count). The van der Waals surface area contributed by atoms with E-state index in [-0.39, 0.29) is 24.4 Å². The average Bonchev–Trinajstić information content (AvgIpc) is 2.82. The van der Waals surface area contributed by atoms with Gasteiger partial charge in [-0.05, 0) is 50.2 Å². The molecule has 2 N–H and O–H groups in total. The summed E-state index contributed by atoms with van der Waals surface area (Å²) in [5, 5.41) is 5.70. The number of nitrogens with zero attached hydrogens (tertiary/aromatic N) is 1. The maximum absolute atomic E-state index is 12.8. The van der Waals surface area contributed by atoms with E-state index >= 15 is 0 Å². The molecule has 1 aromatic rings. The minimum atomic E-state index is -0.808. The molecule has 4 amide bonds. The molecule has 1 atom stereocenters. The average molecular weight is 422 g/mol. The maximum atomic E-state index is 12.8. The van der Waals surface area contributed by atoms with Gasteiger partial charge in [0.1, 0.15) is 12.1 Å². The Hall–Kier alpha value is -1.89. The van der Waals surface area contributed by atoms with Gasteiger partial charge in [-0.15, -0.1) is 0 Å². The molecular formula is C19H24BrN3O3. The Labute approximate surface area is 161 Å². The van der Waals surface area contributed by atoms with Crippen LogP contribution in [0.15, 0.2) is 28.7 Å². The number of urea groups is 1. The van der Waals surface area contributed by atoms with Crippen LogP contribution < -0.4 is 10.6 Å². The van der Waals surface area contributed by atoms with Crippen LogP contribution in [-0.4, -0.2) is 34.8 Å². The van der Waals surface area contributed by atoms with E-state index in [1.807, 2.05) is 31.2 Å². The molecule has 1 aliphatic heterocycles. The van der Waals surface area contributed by atoms with E-state index < -0.39 is 11.6 Å². The fraction of sp³-hybridized carbons (Fsp3) is 0.526. The number of hydrogen-bond acceptors (Lipinski definition) is 3. The fourth-order valence-corrected chi connectivity index (χ4v) is 4.38. The van der Waals surface area contributed by atoms with Gasteiger partial charge in [0, 0.05) is 4.47 Å². The quantitative estimate of drug-likeness (QED) is 0.732. The first kappa shape index (κ1) is 18.9. The van der Waals surface area contributed by atoms with Crippen LogP contribution in [0.3, 0.4) is 0 Å². The standard InChI is InChI=1S/C19H24BrN3O3/c1-12-7-9-19(10-8-12)17(25)23(18(26)22-19)11-16(24)21-13(2)14-5-3-4-6-15(14)20/h3-6,12-13H,7-11H2,1-2H3,(H,21,24)(H,22,26)/t12?,13-,19?/m0/s1. The van der Waals surface area contributed by atoms with Gasteiger partial charge in [0.05, 0.1) is 6.04 Å². The second-order valence-corrected chi connectivity index (χ2v) is 8.25. The van der Waals surface area contributed by atoms with Crippen molar-refractivity contribution < 1.29 is 14.4 Å². The van der Waals surface area contributed by atoms with Gasteiger partial charge in [0.15, 0.2) is 0 Å². The molecule has 0 radical (unpaired) electrons. The van der Waals surface area contributed by atoms with Crippen LogP contribution in [0.25, 0.3) is 0 Å². The highest BCUT2D eigenvalue weighted by Gasteiger charge is 2.52. The molecule has 0 unspecified atom stereocenters. The molecule has 1 heterocycles. The zero-order chi connectivity index (χ0) is 18.9. The van der Waals surface area contributed by atoms with Crippen molar-refractivity contribution in [2.24, 2.45) is 5.92 Å². The summed E-state index contributed by atoms with van der Waals surface area (Å²) in [5.74, 6) is -0.0519. The molecule has 140 valence electrons. The molecule has 26 heavy (non-hydrogen) atoms. The second kappa shape index (κ2) is 7.39. The Kier molecular flexibility index (Phi) is 5.37. The van der Waals surface area contributed by atoms with E-state index in [1.165, 1.54) is 0 Å². The molecule has 7 heteroatoms. The van der Waals surface area contributed by atoms with E-state index in [1.54, 1.807) is 0 Å². The molecular weight excluding hydrogens is 398 g/mol. The highest BCUT2D eigenvalue weighted by Crippen LogP contribution is 2.36. The second-order valence-electron chi connectivity index (χ2n) is 7.40. The van der Waals surface area contributed by atoms with Crippen LogP contribution in [-0.2, 0) is 9.59 Å². The third-order valence-electron chi connectivity index (χ3n) is 5.42. The molecule has 1 saturated heterocycles. The molecule has 0 aromatic heterocycles. The van der Waals surface area contributed by atoms with Crippen LogP contribution in [0.1, 0.15) is 51.1 Å². The van der Waals surface area contributed by atoms with Crippen molar-refractivity contribution in [3.8, 4) is 0 Å². The molecule has 6 nitrogen and oxygen atoms in total. The van der Waals surface area contributed by atoms with Crippen LogP contribution in [0.2, 0.25) is 0 Å². The van der Waals surface area contributed by atoms with Gasteiger partial charge in [0.25, 0.3) is 5.91 Å². The molecule has 1 aromatic carbocycles. The third kappa shape index (κ3) is 3.63. The van der Waals surface area contributed by atoms with E-state index in [9.17, 15) is 14.4 Å². The summed E-state index contributed by atoms with van der Waals surface area (Å²) in [5.41, 5.74) is 0.133. The van der Waals surface area contributed by atoms with Crippen molar-refractivity contribution in [1.29, 1.82) is 0 Å². The van der Waals surface area contributed by atoms with Crippen molar-refractivity contribution in [2.75, 3.05) is 6.54 Å². The minimum absolute atomic E-state index is 0.233. The number of carbonyl (C=O) groups is 3. The monoisotopic (exact) mass is 421 g/mol. The Balaban J connectivity index is 1.63. The summed E-state index contributed by atoms with van der Waals surface area (Å²) >= 11 is 3.47. The predicted molar refractivity (Wildman–Crippen MR) is 101 cm³/mol.